The number of aromatic nitrogens is 4. The number of hydrogen-bond acceptors (Lipinski definition) is 3. The van der Waals surface area contributed by atoms with Gasteiger partial charge >= 0.3 is 0 Å². The molecule has 31 heavy (non-hydrogen) atoms. The van der Waals surface area contributed by atoms with Gasteiger partial charge < -0.3 is 0 Å². The zero-order valence-corrected chi connectivity index (χ0v) is 16.6. The fourth-order valence-corrected chi connectivity index (χ4v) is 5.65. The van der Waals surface area contributed by atoms with Crippen LogP contribution in [0.5, 0.6) is 0 Å². The lowest BCUT2D eigenvalue weighted by Gasteiger charge is -2.09. The van der Waals surface area contributed by atoms with Crippen LogP contribution in [0.3, 0.4) is 0 Å². The summed E-state index contributed by atoms with van der Waals surface area (Å²) in [6.07, 6.45) is 9.50. The molecule has 0 amide bonds. The van der Waals surface area contributed by atoms with Crippen molar-refractivity contribution in [1.29, 1.82) is 0 Å². The summed E-state index contributed by atoms with van der Waals surface area (Å²) < 4.78 is 2.31. The Balaban J connectivity index is 1.46. The number of benzene rings is 2. The molecule has 2 aliphatic carbocycles. The number of hydrogen-bond donors (Lipinski definition) is 0. The highest BCUT2D eigenvalue weighted by Gasteiger charge is 2.29. The van der Waals surface area contributed by atoms with Crippen LogP contribution in [0, 0.1) is 0 Å². The van der Waals surface area contributed by atoms with Gasteiger partial charge in [-0.15, -0.1) is 0 Å². The van der Waals surface area contributed by atoms with E-state index in [0.717, 1.165) is 35.1 Å². The first-order valence-electron chi connectivity index (χ1n) is 10.6. The molecule has 0 saturated carbocycles. The van der Waals surface area contributed by atoms with E-state index in [1.54, 1.807) is 0 Å². The lowest BCUT2D eigenvalue weighted by molar-refractivity contribution is 1.09. The van der Waals surface area contributed by atoms with Crippen molar-refractivity contribution in [2.24, 2.45) is 0 Å². The number of fused-ring (bicyclic) bond motifs is 13. The Hall–Kier alpha value is -4.05. The molecule has 0 bridgehead atoms. The van der Waals surface area contributed by atoms with Gasteiger partial charge in [0.25, 0.3) is 0 Å². The summed E-state index contributed by atoms with van der Waals surface area (Å²) in [5.41, 5.74) is 12.7. The Kier molecular flexibility index (Phi) is 2.72. The topological polar surface area (TPSA) is 43.1 Å². The molecule has 0 unspecified atom stereocenters. The average molecular weight is 396 g/mol. The predicted octanol–water partition coefficient (Wildman–Crippen LogP) is 5.57. The Labute approximate surface area is 177 Å². The van der Waals surface area contributed by atoms with Crippen LogP contribution in [0.25, 0.3) is 49.7 Å². The van der Waals surface area contributed by atoms with E-state index in [2.05, 4.69) is 62.9 Å². The highest BCUT2D eigenvalue weighted by molar-refractivity contribution is 6.11. The lowest BCUT2D eigenvalue weighted by Crippen LogP contribution is -1.97. The first-order valence-corrected chi connectivity index (χ1v) is 10.6. The van der Waals surface area contributed by atoms with Crippen LogP contribution in [0.2, 0.25) is 0 Å². The van der Waals surface area contributed by atoms with Crippen LogP contribution in [0.4, 0.5) is 0 Å². The van der Waals surface area contributed by atoms with Gasteiger partial charge in [0, 0.05) is 41.3 Å². The van der Waals surface area contributed by atoms with Gasteiger partial charge in [0.1, 0.15) is 5.65 Å². The maximum Gasteiger partial charge on any atom is 0.147 e. The van der Waals surface area contributed by atoms with Gasteiger partial charge in [-0.1, -0.05) is 24.3 Å². The summed E-state index contributed by atoms with van der Waals surface area (Å²) in [5.74, 6) is 0. The highest BCUT2D eigenvalue weighted by atomic mass is 15.0. The van der Waals surface area contributed by atoms with E-state index in [9.17, 15) is 0 Å². The zero-order valence-electron chi connectivity index (χ0n) is 16.6. The molecule has 2 aromatic carbocycles. The molecule has 0 saturated heterocycles. The number of nitrogens with zero attached hydrogens (tertiary/aromatic N) is 4. The van der Waals surface area contributed by atoms with Crippen molar-refractivity contribution in [3.05, 3.63) is 95.7 Å². The van der Waals surface area contributed by atoms with Gasteiger partial charge in [-0.05, 0) is 63.9 Å². The maximum atomic E-state index is 5.18. The van der Waals surface area contributed by atoms with Gasteiger partial charge in [-0.2, -0.15) is 0 Å². The molecule has 0 radical (unpaired) electrons. The van der Waals surface area contributed by atoms with Gasteiger partial charge in [-0.3, -0.25) is 14.4 Å². The van der Waals surface area contributed by atoms with Crippen molar-refractivity contribution < 1.29 is 0 Å². The summed E-state index contributed by atoms with van der Waals surface area (Å²) in [6, 6.07) is 17.7. The molecular formula is C27H16N4. The summed E-state index contributed by atoms with van der Waals surface area (Å²) in [6.45, 7) is 0. The smallest absolute Gasteiger partial charge is 0.147 e. The number of imidazole rings is 1. The molecule has 6 aromatic rings. The monoisotopic (exact) mass is 396 g/mol. The molecule has 4 aromatic heterocycles. The molecule has 4 heterocycles. The van der Waals surface area contributed by atoms with Crippen LogP contribution in [-0.2, 0) is 12.8 Å². The van der Waals surface area contributed by atoms with E-state index in [-0.39, 0.29) is 0 Å². The third-order valence-corrected chi connectivity index (χ3v) is 7.00. The quantitative estimate of drug-likeness (QED) is 0.315. The largest absolute Gasteiger partial charge is 0.294 e. The predicted molar refractivity (Wildman–Crippen MR) is 122 cm³/mol. The van der Waals surface area contributed by atoms with Crippen molar-refractivity contribution in [2.45, 2.75) is 12.8 Å². The van der Waals surface area contributed by atoms with Crippen molar-refractivity contribution in [2.75, 3.05) is 0 Å². The SMILES string of the molecule is c1ccc2c(c1)Cc1cc3c(cc1-2)Cc1c-3nc2c3cnccc3c3ccncc3n12. The van der Waals surface area contributed by atoms with Crippen LogP contribution in [-0.4, -0.2) is 19.4 Å². The van der Waals surface area contributed by atoms with Gasteiger partial charge in [0.2, 0.25) is 0 Å². The van der Waals surface area contributed by atoms with Gasteiger partial charge in [-0.25, -0.2) is 4.98 Å². The van der Waals surface area contributed by atoms with Crippen molar-refractivity contribution >= 4 is 27.3 Å². The normalized spacial score (nSPS) is 13.5. The number of rotatable bonds is 0. The molecule has 0 spiro atoms. The van der Waals surface area contributed by atoms with E-state index in [1.165, 1.54) is 49.8 Å². The molecule has 0 fully saturated rings. The molecule has 144 valence electrons. The van der Waals surface area contributed by atoms with Crippen molar-refractivity contribution in [1.82, 2.24) is 19.4 Å². The van der Waals surface area contributed by atoms with Gasteiger partial charge in [0.05, 0.1) is 23.1 Å². The molecule has 8 rings (SSSR count). The summed E-state index contributed by atoms with van der Waals surface area (Å²) >= 11 is 0. The number of pyridine rings is 3. The van der Waals surface area contributed by atoms with Crippen LogP contribution in [0.15, 0.2) is 73.3 Å². The zero-order chi connectivity index (χ0) is 20.1. The highest BCUT2D eigenvalue weighted by Crippen LogP contribution is 2.45. The molecule has 0 aliphatic heterocycles. The summed E-state index contributed by atoms with van der Waals surface area (Å²) in [7, 11) is 0. The van der Waals surface area contributed by atoms with E-state index in [0.29, 0.717) is 0 Å². The minimum atomic E-state index is 0.886. The molecule has 0 atom stereocenters. The lowest BCUT2D eigenvalue weighted by atomic mass is 9.99. The maximum absolute atomic E-state index is 5.18. The van der Waals surface area contributed by atoms with Crippen LogP contribution in [0.1, 0.15) is 22.4 Å². The van der Waals surface area contributed by atoms with E-state index < -0.39 is 0 Å². The van der Waals surface area contributed by atoms with Crippen molar-refractivity contribution in [3.63, 3.8) is 0 Å². The Morgan fingerprint density at radius 2 is 1.48 bits per heavy atom. The Morgan fingerprint density at radius 3 is 2.45 bits per heavy atom. The van der Waals surface area contributed by atoms with E-state index in [1.807, 2.05) is 24.8 Å². The second-order valence-electron chi connectivity index (χ2n) is 8.56. The Morgan fingerprint density at radius 1 is 0.677 bits per heavy atom. The first-order chi connectivity index (χ1) is 15.4. The van der Waals surface area contributed by atoms with Crippen molar-refractivity contribution in [3.8, 4) is 22.4 Å². The second kappa shape index (κ2) is 5.35. The summed E-state index contributed by atoms with van der Waals surface area (Å²) in [5, 5.41) is 3.45. The third-order valence-electron chi connectivity index (χ3n) is 7.00. The van der Waals surface area contributed by atoms with E-state index in [4.69, 9.17) is 4.98 Å². The fourth-order valence-electron chi connectivity index (χ4n) is 5.65. The van der Waals surface area contributed by atoms with Gasteiger partial charge in [0.15, 0.2) is 0 Å². The summed E-state index contributed by atoms with van der Waals surface area (Å²) in [4.78, 5) is 14.0. The standard InChI is InChI=1S/C27H16N4/c1-2-4-18-15(3-1)9-16-11-22-17(10-21(16)18)12-24-26(22)30-27-23-13-28-7-5-19(23)20-6-8-29-14-25(20)31(24)27/h1-8,10-11,13-14H,9,12H2. The molecular weight excluding hydrogens is 380 g/mol. The average Bonchev–Trinajstić information content (AvgIpc) is 3.47. The first kappa shape index (κ1) is 15.7. The fraction of sp³-hybridized carbons (Fsp3) is 0.0741. The molecule has 4 nitrogen and oxygen atoms in total. The molecule has 0 N–H and O–H groups in total. The van der Waals surface area contributed by atoms with Crippen LogP contribution < -0.4 is 0 Å². The van der Waals surface area contributed by atoms with E-state index >= 15 is 0 Å². The Bertz CT molecular complexity index is 1740. The molecule has 2 aliphatic rings. The molecule has 4 heteroatoms. The van der Waals surface area contributed by atoms with Crippen LogP contribution >= 0.6 is 0 Å². The second-order valence-corrected chi connectivity index (χ2v) is 8.56. The minimum Gasteiger partial charge on any atom is -0.294 e. The third kappa shape index (κ3) is 1.88. The minimum absolute atomic E-state index is 0.886.